The zero-order valence-corrected chi connectivity index (χ0v) is 29.4. The van der Waals surface area contributed by atoms with Gasteiger partial charge in [-0.3, -0.25) is 14.9 Å². The third kappa shape index (κ3) is 10.6. The Labute approximate surface area is 268 Å². The number of nitrogens with two attached hydrogens (primary N) is 1. The Morgan fingerprint density at radius 1 is 0.806 bits per heavy atom. The first kappa shape index (κ1) is 38.6. The number of benzene rings is 1. The van der Waals surface area contributed by atoms with Crippen LogP contribution in [0.1, 0.15) is 52.8 Å². The van der Waals surface area contributed by atoms with E-state index in [1.807, 2.05) is 0 Å². The van der Waals surface area contributed by atoms with E-state index in [9.17, 15) is 0 Å². The van der Waals surface area contributed by atoms with E-state index in [-0.39, 0.29) is 90.9 Å². The molecule has 4 bridgehead atoms. The summed E-state index contributed by atoms with van der Waals surface area (Å²) in [4.78, 5) is 12.6. The van der Waals surface area contributed by atoms with Crippen molar-refractivity contribution in [2.45, 2.75) is 38.8 Å². The average Bonchev–Trinajstić information content (AvgIpc) is 2.79. The smallest absolute Gasteiger partial charge is 0.0852 e. The van der Waals surface area contributed by atoms with Crippen molar-refractivity contribution < 1.29 is 0 Å². The van der Waals surface area contributed by atoms with Crippen molar-refractivity contribution in [3.05, 3.63) is 58.2 Å². The fourth-order valence-electron chi connectivity index (χ4n) is 4.59. The SMILES string of the molecule is Br.Br.Br.Br.Br.Cc1nc2c(CN)nc1Cc1ccc(cc1)C2N1CCCNCCNCCCNCC1. The van der Waals surface area contributed by atoms with Gasteiger partial charge < -0.3 is 21.7 Å². The second-order valence-electron chi connectivity index (χ2n) is 8.61. The molecule has 0 aliphatic carbocycles. The Morgan fingerprint density at radius 2 is 1.42 bits per heavy atom. The summed E-state index contributed by atoms with van der Waals surface area (Å²) < 4.78 is 0. The lowest BCUT2D eigenvalue weighted by Gasteiger charge is -2.34. The fourth-order valence-corrected chi connectivity index (χ4v) is 4.59. The highest BCUT2D eigenvalue weighted by atomic mass is 79.9. The molecule has 2 aromatic rings. The first-order chi connectivity index (χ1) is 15.3. The number of aryl methyl sites for hydroxylation is 1. The molecule has 0 spiro atoms. The summed E-state index contributed by atoms with van der Waals surface area (Å²) in [5, 5.41) is 10.7. The Morgan fingerprint density at radius 3 is 2.06 bits per heavy atom. The van der Waals surface area contributed by atoms with Gasteiger partial charge >= 0.3 is 0 Å². The second-order valence-corrected chi connectivity index (χ2v) is 8.61. The second kappa shape index (κ2) is 20.4. The maximum Gasteiger partial charge on any atom is 0.0852 e. The number of hydrogen-bond donors (Lipinski definition) is 4. The van der Waals surface area contributed by atoms with Gasteiger partial charge in [0.1, 0.15) is 0 Å². The Hall–Kier alpha value is 0.500. The molecule has 0 saturated carbocycles. The number of aromatic nitrogens is 2. The standard InChI is InChI=1S/C24H37N7.5BrH/c1-18-21-16-19-4-6-20(7-5-19)24(23(29-18)22(17-25)30-21)31-14-3-10-27-12-11-26-8-2-9-28-13-15-31;;;;;/h4-7,24,26-28H,2-3,8-17,25H2,1H3;5*1H. The summed E-state index contributed by atoms with van der Waals surface area (Å²) in [5.41, 5.74) is 12.7. The first-order valence-corrected chi connectivity index (χ1v) is 11.8. The molecule has 6 heterocycles. The molecule has 0 amide bonds. The molecule has 5 N–H and O–H groups in total. The van der Waals surface area contributed by atoms with E-state index in [2.05, 4.69) is 52.0 Å². The van der Waals surface area contributed by atoms with Crippen LogP contribution in [0.2, 0.25) is 0 Å². The molecule has 7 nitrogen and oxygen atoms in total. The van der Waals surface area contributed by atoms with E-state index in [1.54, 1.807) is 0 Å². The summed E-state index contributed by atoms with van der Waals surface area (Å²) in [6.45, 7) is 10.6. The van der Waals surface area contributed by atoms with Gasteiger partial charge in [-0.05, 0) is 50.5 Å². The van der Waals surface area contributed by atoms with Crippen molar-refractivity contribution in [2.24, 2.45) is 5.73 Å². The summed E-state index contributed by atoms with van der Waals surface area (Å²) in [6, 6.07) is 9.12. The van der Waals surface area contributed by atoms with Gasteiger partial charge in [-0.15, -0.1) is 84.9 Å². The van der Waals surface area contributed by atoms with Crippen LogP contribution in [0.15, 0.2) is 24.3 Å². The number of rotatable bonds is 2. The van der Waals surface area contributed by atoms with Crippen LogP contribution in [0.5, 0.6) is 0 Å². The predicted octanol–water partition coefficient (Wildman–Crippen LogP) is 3.99. The van der Waals surface area contributed by atoms with Crippen molar-refractivity contribution in [3.63, 3.8) is 0 Å². The van der Waals surface area contributed by atoms with E-state index >= 15 is 0 Å². The molecule has 1 aromatic carbocycles. The molecule has 12 heteroatoms. The van der Waals surface area contributed by atoms with Crippen molar-refractivity contribution in [1.82, 2.24) is 30.8 Å². The minimum Gasteiger partial charge on any atom is -0.325 e. The zero-order valence-electron chi connectivity index (χ0n) is 20.8. The van der Waals surface area contributed by atoms with Crippen molar-refractivity contribution in [1.29, 1.82) is 0 Å². The summed E-state index contributed by atoms with van der Waals surface area (Å²) >= 11 is 0. The lowest BCUT2D eigenvalue weighted by molar-refractivity contribution is 0.216. The van der Waals surface area contributed by atoms with E-state index in [0.717, 1.165) is 94.4 Å². The zero-order chi connectivity index (χ0) is 21.5. The quantitative estimate of drug-likeness (QED) is 0.365. The highest BCUT2D eigenvalue weighted by Crippen LogP contribution is 2.32. The first-order valence-electron chi connectivity index (χ1n) is 11.8. The highest BCUT2D eigenvalue weighted by molar-refractivity contribution is 8.93. The molecule has 5 aliphatic rings. The summed E-state index contributed by atoms with van der Waals surface area (Å²) in [6.07, 6.45) is 3.05. The van der Waals surface area contributed by atoms with Crippen molar-refractivity contribution >= 4 is 84.9 Å². The molecule has 5 aliphatic heterocycles. The maximum absolute atomic E-state index is 6.17. The minimum atomic E-state index is 0. The van der Waals surface area contributed by atoms with Gasteiger partial charge in [0.15, 0.2) is 0 Å². The number of nitrogens with zero attached hydrogens (tertiary/aromatic N) is 3. The Bertz CT molecular complexity index is 843. The molecule has 0 radical (unpaired) electrons. The van der Waals surface area contributed by atoms with Crippen LogP contribution in [0.25, 0.3) is 0 Å². The van der Waals surface area contributed by atoms with Gasteiger partial charge in [-0.25, -0.2) is 0 Å². The van der Waals surface area contributed by atoms with Gasteiger partial charge in [0.25, 0.3) is 0 Å². The fraction of sp³-hybridized carbons (Fsp3) is 0.583. The van der Waals surface area contributed by atoms with E-state index in [1.165, 1.54) is 11.1 Å². The minimum absolute atomic E-state index is 0. The molecular weight excluding hydrogens is 786 g/mol. The largest absolute Gasteiger partial charge is 0.325 e. The van der Waals surface area contributed by atoms with Gasteiger partial charge in [0.05, 0.1) is 28.8 Å². The molecule has 36 heavy (non-hydrogen) atoms. The Balaban J connectivity index is 0. The molecule has 1 unspecified atom stereocenters. The Kier molecular flexibility index (Phi) is 21.9. The van der Waals surface area contributed by atoms with Crippen molar-refractivity contribution in [2.75, 3.05) is 52.4 Å². The highest BCUT2D eigenvalue weighted by Gasteiger charge is 2.28. The molecule has 7 rings (SSSR count). The van der Waals surface area contributed by atoms with Crippen molar-refractivity contribution in [3.8, 4) is 0 Å². The van der Waals surface area contributed by atoms with Crippen LogP contribution in [-0.2, 0) is 13.0 Å². The van der Waals surface area contributed by atoms with Gasteiger partial charge in [0, 0.05) is 45.7 Å². The average molecular weight is 828 g/mol. The predicted molar refractivity (Wildman–Crippen MR) is 177 cm³/mol. The van der Waals surface area contributed by atoms with E-state index in [0.29, 0.717) is 6.54 Å². The van der Waals surface area contributed by atoms with Crippen LogP contribution >= 0.6 is 84.9 Å². The maximum atomic E-state index is 6.17. The summed E-state index contributed by atoms with van der Waals surface area (Å²) in [7, 11) is 0. The third-order valence-corrected chi connectivity index (χ3v) is 6.32. The lowest BCUT2D eigenvalue weighted by atomic mass is 9.94. The topological polar surface area (TPSA) is 91.1 Å². The molecule has 208 valence electrons. The van der Waals surface area contributed by atoms with Crippen LogP contribution in [0, 0.1) is 6.92 Å². The van der Waals surface area contributed by atoms with E-state index in [4.69, 9.17) is 15.7 Å². The van der Waals surface area contributed by atoms with Gasteiger partial charge in [-0.2, -0.15) is 0 Å². The lowest BCUT2D eigenvalue weighted by Crippen LogP contribution is -2.40. The number of nitrogens with one attached hydrogen (secondary N) is 3. The van der Waals surface area contributed by atoms with Crippen LogP contribution in [0.3, 0.4) is 0 Å². The van der Waals surface area contributed by atoms with Crippen LogP contribution in [-0.4, -0.2) is 67.2 Å². The number of halogens is 5. The molecule has 1 atom stereocenters. The monoisotopic (exact) mass is 823 g/mol. The third-order valence-electron chi connectivity index (χ3n) is 6.32. The molecule has 1 aromatic heterocycles. The molecule has 1 saturated heterocycles. The molecular formula is C24H42Br5N7. The van der Waals surface area contributed by atoms with Gasteiger partial charge in [-0.1, -0.05) is 24.3 Å². The van der Waals surface area contributed by atoms with Crippen LogP contribution in [0.4, 0.5) is 0 Å². The van der Waals surface area contributed by atoms with Crippen LogP contribution < -0.4 is 21.7 Å². The molecule has 1 fully saturated rings. The van der Waals surface area contributed by atoms with Gasteiger partial charge in [0.2, 0.25) is 0 Å². The normalized spacial score (nSPS) is 18.7. The van der Waals surface area contributed by atoms with E-state index < -0.39 is 0 Å². The summed E-state index contributed by atoms with van der Waals surface area (Å²) in [5.74, 6) is 0. The number of hydrogen-bond acceptors (Lipinski definition) is 7.